The molecule has 0 heterocycles. The van der Waals surface area contributed by atoms with Gasteiger partial charge in [0.05, 0.1) is 0 Å². The van der Waals surface area contributed by atoms with Gasteiger partial charge in [-0.05, 0) is 18.8 Å². The predicted octanol–water partition coefficient (Wildman–Crippen LogP) is 12.5. The van der Waals surface area contributed by atoms with Crippen molar-refractivity contribution < 1.29 is 4.79 Å². The van der Waals surface area contributed by atoms with E-state index in [1.165, 1.54) is 161 Å². The fourth-order valence-electron chi connectivity index (χ4n) is 5.51. The summed E-state index contributed by atoms with van der Waals surface area (Å²) in [6, 6.07) is 0. The first-order chi connectivity index (χ1) is 17.2. The minimum atomic E-state index is 0.514. The third-order valence-corrected chi connectivity index (χ3v) is 7.99. The highest BCUT2D eigenvalue weighted by molar-refractivity contribution is 5.78. The SMILES string of the molecule is CCCCCCCC(=O)CCCCCCCCCCCCCCCCCCCCC[C@H](C)CCC. The predicted molar refractivity (Wildman–Crippen MR) is 159 cm³/mol. The van der Waals surface area contributed by atoms with Crippen molar-refractivity contribution in [3.8, 4) is 0 Å². The van der Waals surface area contributed by atoms with Crippen LogP contribution in [0.4, 0.5) is 0 Å². The van der Waals surface area contributed by atoms with Crippen molar-refractivity contribution in [3.05, 3.63) is 0 Å². The molecule has 0 N–H and O–H groups in total. The zero-order valence-electron chi connectivity index (χ0n) is 25.0. The van der Waals surface area contributed by atoms with Gasteiger partial charge in [-0.3, -0.25) is 4.79 Å². The molecule has 0 aliphatic carbocycles. The maximum atomic E-state index is 11.9. The Hall–Kier alpha value is -0.330. The van der Waals surface area contributed by atoms with E-state index in [2.05, 4.69) is 20.8 Å². The van der Waals surface area contributed by atoms with E-state index >= 15 is 0 Å². The molecule has 210 valence electrons. The third kappa shape index (κ3) is 29.8. The van der Waals surface area contributed by atoms with E-state index in [1.807, 2.05) is 0 Å². The molecular weight excluding hydrogens is 424 g/mol. The van der Waals surface area contributed by atoms with E-state index in [0.29, 0.717) is 5.78 Å². The lowest BCUT2D eigenvalue weighted by molar-refractivity contribution is -0.119. The van der Waals surface area contributed by atoms with E-state index in [-0.39, 0.29) is 0 Å². The molecule has 0 rings (SSSR count). The molecule has 0 aromatic heterocycles. The highest BCUT2D eigenvalue weighted by atomic mass is 16.1. The number of Topliss-reactive ketones (excluding diaryl/α,β-unsaturated/α-hetero) is 1. The van der Waals surface area contributed by atoms with Crippen molar-refractivity contribution in [2.24, 2.45) is 5.92 Å². The van der Waals surface area contributed by atoms with Gasteiger partial charge >= 0.3 is 0 Å². The highest BCUT2D eigenvalue weighted by Gasteiger charge is 2.02. The molecule has 0 fully saturated rings. The minimum absolute atomic E-state index is 0.514. The van der Waals surface area contributed by atoms with Crippen LogP contribution in [0.2, 0.25) is 0 Å². The van der Waals surface area contributed by atoms with Gasteiger partial charge in [-0.15, -0.1) is 0 Å². The first kappa shape index (κ1) is 34.7. The molecule has 0 saturated heterocycles. The summed E-state index contributed by atoms with van der Waals surface area (Å²) < 4.78 is 0. The fourth-order valence-corrected chi connectivity index (χ4v) is 5.51. The van der Waals surface area contributed by atoms with Gasteiger partial charge in [0.2, 0.25) is 0 Å². The molecule has 0 aromatic rings. The molecule has 0 aromatic carbocycles. The van der Waals surface area contributed by atoms with Gasteiger partial charge in [0.25, 0.3) is 0 Å². The average molecular weight is 493 g/mol. The second-order valence-electron chi connectivity index (χ2n) is 11.9. The number of ketones is 1. The van der Waals surface area contributed by atoms with Crippen LogP contribution in [0, 0.1) is 5.92 Å². The monoisotopic (exact) mass is 493 g/mol. The summed E-state index contributed by atoms with van der Waals surface area (Å²) in [5.74, 6) is 1.47. The smallest absolute Gasteiger partial charge is 0.132 e. The molecule has 1 atom stereocenters. The average Bonchev–Trinajstić information content (AvgIpc) is 2.85. The quantitative estimate of drug-likeness (QED) is 0.0911. The summed E-state index contributed by atoms with van der Waals surface area (Å²) in [6.45, 7) is 6.98. The summed E-state index contributed by atoms with van der Waals surface area (Å²) in [4.78, 5) is 11.9. The Labute approximate surface area is 223 Å². The number of rotatable bonds is 30. The lowest BCUT2D eigenvalue weighted by atomic mass is 9.98. The lowest BCUT2D eigenvalue weighted by Gasteiger charge is -2.09. The molecule has 1 nitrogen and oxygen atoms in total. The van der Waals surface area contributed by atoms with Crippen molar-refractivity contribution in [3.63, 3.8) is 0 Å². The molecule has 35 heavy (non-hydrogen) atoms. The highest BCUT2D eigenvalue weighted by Crippen LogP contribution is 2.17. The zero-order valence-corrected chi connectivity index (χ0v) is 25.0. The lowest BCUT2D eigenvalue weighted by Crippen LogP contribution is -1.97. The van der Waals surface area contributed by atoms with E-state index in [9.17, 15) is 4.79 Å². The zero-order chi connectivity index (χ0) is 25.7. The Morgan fingerprint density at radius 3 is 1.06 bits per heavy atom. The Morgan fingerprint density at radius 1 is 0.400 bits per heavy atom. The van der Waals surface area contributed by atoms with Gasteiger partial charge in [-0.1, -0.05) is 181 Å². The molecule has 0 saturated carbocycles. The molecule has 0 unspecified atom stereocenters. The number of hydrogen-bond donors (Lipinski definition) is 0. The van der Waals surface area contributed by atoms with Crippen LogP contribution in [-0.4, -0.2) is 5.78 Å². The van der Waals surface area contributed by atoms with Crippen LogP contribution in [0.5, 0.6) is 0 Å². The Balaban J connectivity index is 3.11. The van der Waals surface area contributed by atoms with Crippen molar-refractivity contribution in [1.82, 2.24) is 0 Å². The molecule has 0 spiro atoms. The topological polar surface area (TPSA) is 17.1 Å². The molecule has 0 aliphatic rings. The number of unbranched alkanes of at least 4 members (excludes halogenated alkanes) is 22. The van der Waals surface area contributed by atoms with Gasteiger partial charge < -0.3 is 0 Å². The normalized spacial score (nSPS) is 12.3. The van der Waals surface area contributed by atoms with Gasteiger partial charge in [-0.25, -0.2) is 0 Å². The molecular formula is C34H68O. The van der Waals surface area contributed by atoms with Gasteiger partial charge in [0.1, 0.15) is 5.78 Å². The summed E-state index contributed by atoms with van der Waals surface area (Å²) >= 11 is 0. The fraction of sp³-hybridized carbons (Fsp3) is 0.971. The van der Waals surface area contributed by atoms with Crippen LogP contribution in [-0.2, 0) is 4.79 Å². The van der Waals surface area contributed by atoms with Crippen LogP contribution in [0.25, 0.3) is 0 Å². The summed E-state index contributed by atoms with van der Waals surface area (Å²) in [7, 11) is 0. The van der Waals surface area contributed by atoms with Gasteiger partial charge in [0.15, 0.2) is 0 Å². The third-order valence-electron chi connectivity index (χ3n) is 7.99. The maximum Gasteiger partial charge on any atom is 0.132 e. The van der Waals surface area contributed by atoms with E-state index in [4.69, 9.17) is 0 Å². The van der Waals surface area contributed by atoms with Crippen molar-refractivity contribution in [2.75, 3.05) is 0 Å². The largest absolute Gasteiger partial charge is 0.300 e. The van der Waals surface area contributed by atoms with Crippen LogP contribution >= 0.6 is 0 Å². The number of carbonyl (C=O) groups is 1. The van der Waals surface area contributed by atoms with Crippen molar-refractivity contribution >= 4 is 5.78 Å². The van der Waals surface area contributed by atoms with Crippen molar-refractivity contribution in [2.45, 2.75) is 207 Å². The Bertz CT molecular complexity index is 401. The summed E-state index contributed by atoms with van der Waals surface area (Å²) in [6.07, 6.45) is 39.2. The minimum Gasteiger partial charge on any atom is -0.300 e. The van der Waals surface area contributed by atoms with Crippen LogP contribution in [0.15, 0.2) is 0 Å². The van der Waals surface area contributed by atoms with Crippen LogP contribution in [0.3, 0.4) is 0 Å². The first-order valence-electron chi connectivity index (χ1n) is 16.7. The van der Waals surface area contributed by atoms with Crippen LogP contribution < -0.4 is 0 Å². The van der Waals surface area contributed by atoms with E-state index in [0.717, 1.165) is 31.6 Å². The Kier molecular flexibility index (Phi) is 29.6. The molecule has 1 heteroatoms. The van der Waals surface area contributed by atoms with E-state index < -0.39 is 0 Å². The summed E-state index contributed by atoms with van der Waals surface area (Å²) in [5, 5.41) is 0. The molecule has 0 aliphatic heterocycles. The molecule has 0 amide bonds. The van der Waals surface area contributed by atoms with Crippen LogP contribution in [0.1, 0.15) is 207 Å². The van der Waals surface area contributed by atoms with Crippen molar-refractivity contribution in [1.29, 1.82) is 0 Å². The maximum absolute atomic E-state index is 11.9. The van der Waals surface area contributed by atoms with E-state index in [1.54, 1.807) is 0 Å². The molecule has 0 bridgehead atoms. The number of carbonyl (C=O) groups excluding carboxylic acids is 1. The Morgan fingerprint density at radius 2 is 0.714 bits per heavy atom. The molecule has 0 radical (unpaired) electrons. The van der Waals surface area contributed by atoms with Gasteiger partial charge in [0, 0.05) is 12.8 Å². The number of hydrogen-bond acceptors (Lipinski definition) is 1. The van der Waals surface area contributed by atoms with Gasteiger partial charge in [-0.2, -0.15) is 0 Å². The second-order valence-corrected chi connectivity index (χ2v) is 11.9. The summed E-state index contributed by atoms with van der Waals surface area (Å²) in [5.41, 5.74) is 0. The first-order valence-corrected chi connectivity index (χ1v) is 16.7. The second kappa shape index (κ2) is 29.9. The standard InChI is InChI=1S/C34H68O/c1-4-6-7-23-27-31-34(35)32-28-25-22-20-18-16-14-12-10-8-9-11-13-15-17-19-21-24-26-30-33(3)29-5-2/h33H,4-32H2,1-3H3/t33-/m1/s1.